The number of ether oxygens (including phenoxy) is 1. The average molecular weight is 209 g/mol. The highest BCUT2D eigenvalue weighted by atomic mass is 19.1. The third-order valence-corrected chi connectivity index (χ3v) is 2.45. The van der Waals surface area contributed by atoms with Crippen LogP contribution in [0.3, 0.4) is 0 Å². The number of fused-ring (bicyclic) bond motifs is 1. The lowest BCUT2D eigenvalue weighted by Crippen LogP contribution is -2.30. The van der Waals surface area contributed by atoms with E-state index in [9.17, 15) is 9.18 Å². The van der Waals surface area contributed by atoms with Gasteiger partial charge in [-0.05, 0) is 6.07 Å². The molecule has 0 unspecified atom stereocenters. The van der Waals surface area contributed by atoms with Crippen molar-refractivity contribution in [2.45, 2.75) is 13.5 Å². The molecule has 1 amide bonds. The highest BCUT2D eigenvalue weighted by molar-refractivity contribution is 5.73. The topological polar surface area (TPSA) is 29.5 Å². The van der Waals surface area contributed by atoms with Crippen molar-refractivity contribution < 1.29 is 13.9 Å². The summed E-state index contributed by atoms with van der Waals surface area (Å²) in [5.74, 6) is 0.236. The second kappa shape index (κ2) is 3.88. The van der Waals surface area contributed by atoms with E-state index in [1.54, 1.807) is 11.0 Å². The molecule has 0 spiro atoms. The Labute approximate surface area is 87.5 Å². The summed E-state index contributed by atoms with van der Waals surface area (Å²) in [6, 6.07) is 4.40. The molecule has 2 rings (SSSR count). The van der Waals surface area contributed by atoms with Crippen molar-refractivity contribution in [2.24, 2.45) is 0 Å². The molecule has 0 saturated carbocycles. The fourth-order valence-electron chi connectivity index (χ4n) is 1.61. The van der Waals surface area contributed by atoms with Gasteiger partial charge in [-0.15, -0.1) is 0 Å². The lowest BCUT2D eigenvalue weighted by molar-refractivity contribution is -0.129. The molecule has 0 radical (unpaired) electrons. The van der Waals surface area contributed by atoms with Crippen molar-refractivity contribution in [1.82, 2.24) is 4.90 Å². The highest BCUT2D eigenvalue weighted by Crippen LogP contribution is 2.23. The number of carbonyl (C=O) groups is 1. The van der Waals surface area contributed by atoms with Crippen LogP contribution in [0.4, 0.5) is 4.39 Å². The number of rotatable bonds is 0. The van der Waals surface area contributed by atoms with E-state index in [0.29, 0.717) is 25.4 Å². The van der Waals surface area contributed by atoms with E-state index in [-0.39, 0.29) is 11.7 Å². The van der Waals surface area contributed by atoms with Gasteiger partial charge < -0.3 is 9.64 Å². The van der Waals surface area contributed by atoms with Crippen molar-refractivity contribution in [1.29, 1.82) is 0 Å². The molecular formula is C11H12FNO2. The molecule has 1 aliphatic heterocycles. The first-order valence-corrected chi connectivity index (χ1v) is 4.83. The van der Waals surface area contributed by atoms with E-state index >= 15 is 0 Å². The van der Waals surface area contributed by atoms with Gasteiger partial charge in [-0.25, -0.2) is 4.39 Å². The molecule has 0 saturated heterocycles. The van der Waals surface area contributed by atoms with Crippen molar-refractivity contribution in [3.63, 3.8) is 0 Å². The zero-order chi connectivity index (χ0) is 10.8. The normalized spacial score (nSPS) is 15.2. The molecule has 15 heavy (non-hydrogen) atoms. The number of benzene rings is 1. The van der Waals surface area contributed by atoms with Gasteiger partial charge in [-0.3, -0.25) is 4.79 Å². The third kappa shape index (κ3) is 2.09. The van der Waals surface area contributed by atoms with Crippen molar-refractivity contribution >= 4 is 5.91 Å². The standard InChI is InChI=1S/C11H12FNO2/c1-8(14)13-4-5-15-11-6-10(12)3-2-9(11)7-13/h2-3,6H,4-5,7H2,1H3. The second-order valence-electron chi connectivity index (χ2n) is 3.54. The summed E-state index contributed by atoms with van der Waals surface area (Å²) in [5.41, 5.74) is 0.851. The quantitative estimate of drug-likeness (QED) is 0.649. The highest BCUT2D eigenvalue weighted by Gasteiger charge is 2.17. The lowest BCUT2D eigenvalue weighted by atomic mass is 10.2. The summed E-state index contributed by atoms with van der Waals surface area (Å²) in [6.45, 7) is 2.97. The van der Waals surface area contributed by atoms with E-state index in [1.165, 1.54) is 19.1 Å². The van der Waals surface area contributed by atoms with E-state index in [2.05, 4.69) is 0 Å². The number of hydrogen-bond donors (Lipinski definition) is 0. The Morgan fingerprint density at radius 1 is 1.53 bits per heavy atom. The molecule has 1 aromatic carbocycles. The van der Waals surface area contributed by atoms with E-state index in [4.69, 9.17) is 4.74 Å². The minimum Gasteiger partial charge on any atom is -0.491 e. The number of amides is 1. The maximum Gasteiger partial charge on any atom is 0.219 e. The largest absolute Gasteiger partial charge is 0.491 e. The fourth-order valence-corrected chi connectivity index (χ4v) is 1.61. The SMILES string of the molecule is CC(=O)N1CCOc2cc(F)ccc2C1. The molecule has 80 valence electrons. The Bertz CT molecular complexity index is 392. The van der Waals surface area contributed by atoms with Gasteiger partial charge in [0.05, 0.1) is 6.54 Å². The van der Waals surface area contributed by atoms with Gasteiger partial charge in [0, 0.05) is 25.1 Å². The first-order valence-electron chi connectivity index (χ1n) is 4.83. The van der Waals surface area contributed by atoms with Crippen LogP contribution in [-0.4, -0.2) is 24.0 Å². The summed E-state index contributed by atoms with van der Waals surface area (Å²) in [5, 5.41) is 0. The molecule has 0 N–H and O–H groups in total. The van der Waals surface area contributed by atoms with Crippen LogP contribution in [0.5, 0.6) is 5.75 Å². The molecule has 0 aromatic heterocycles. The summed E-state index contributed by atoms with van der Waals surface area (Å²) in [6.07, 6.45) is 0. The molecule has 1 aromatic rings. The molecule has 3 nitrogen and oxygen atoms in total. The van der Waals surface area contributed by atoms with E-state index in [1.807, 2.05) is 0 Å². The Hall–Kier alpha value is -1.58. The van der Waals surface area contributed by atoms with Gasteiger partial charge in [-0.1, -0.05) is 6.07 Å². The molecule has 4 heteroatoms. The first-order chi connectivity index (χ1) is 7.16. The summed E-state index contributed by atoms with van der Waals surface area (Å²) in [7, 11) is 0. The van der Waals surface area contributed by atoms with Crippen LogP contribution in [0.15, 0.2) is 18.2 Å². The molecule has 0 bridgehead atoms. The minimum atomic E-state index is -0.315. The number of nitrogens with zero attached hydrogens (tertiary/aromatic N) is 1. The van der Waals surface area contributed by atoms with Crippen molar-refractivity contribution in [3.8, 4) is 5.75 Å². The molecule has 1 aliphatic rings. The molecule has 0 fully saturated rings. The van der Waals surface area contributed by atoms with Crippen molar-refractivity contribution in [2.75, 3.05) is 13.2 Å². The van der Waals surface area contributed by atoms with Crippen molar-refractivity contribution in [3.05, 3.63) is 29.6 Å². The predicted molar refractivity (Wildman–Crippen MR) is 53.0 cm³/mol. The molecule has 0 aliphatic carbocycles. The zero-order valence-electron chi connectivity index (χ0n) is 8.50. The van der Waals surface area contributed by atoms with Gasteiger partial charge in [-0.2, -0.15) is 0 Å². The number of hydrogen-bond acceptors (Lipinski definition) is 2. The maximum atomic E-state index is 12.9. The summed E-state index contributed by atoms with van der Waals surface area (Å²) >= 11 is 0. The van der Waals surface area contributed by atoms with Gasteiger partial charge in [0.2, 0.25) is 5.91 Å². The van der Waals surface area contributed by atoms with Gasteiger partial charge in [0.1, 0.15) is 18.2 Å². The minimum absolute atomic E-state index is 0.00998. The van der Waals surface area contributed by atoms with Crippen LogP contribution in [0.1, 0.15) is 12.5 Å². The van der Waals surface area contributed by atoms with Gasteiger partial charge >= 0.3 is 0 Å². The van der Waals surface area contributed by atoms with E-state index < -0.39 is 0 Å². The first kappa shape index (κ1) is 9.96. The van der Waals surface area contributed by atoms with Gasteiger partial charge in [0.25, 0.3) is 0 Å². The van der Waals surface area contributed by atoms with E-state index in [0.717, 1.165) is 5.56 Å². The van der Waals surface area contributed by atoms with Crippen LogP contribution in [-0.2, 0) is 11.3 Å². The zero-order valence-corrected chi connectivity index (χ0v) is 8.50. The smallest absolute Gasteiger partial charge is 0.219 e. The predicted octanol–water partition coefficient (Wildman–Crippen LogP) is 1.57. The second-order valence-corrected chi connectivity index (χ2v) is 3.54. The average Bonchev–Trinajstić information content (AvgIpc) is 2.39. The monoisotopic (exact) mass is 209 g/mol. The summed E-state index contributed by atoms with van der Waals surface area (Å²) < 4.78 is 18.3. The number of halogens is 1. The van der Waals surface area contributed by atoms with Crippen LogP contribution < -0.4 is 4.74 Å². The molecule has 1 heterocycles. The molecule has 0 atom stereocenters. The Kier molecular flexibility index (Phi) is 2.58. The van der Waals surface area contributed by atoms with Crippen LogP contribution >= 0.6 is 0 Å². The van der Waals surface area contributed by atoms with Crippen LogP contribution in [0, 0.1) is 5.82 Å². The Balaban J connectivity index is 2.29. The fraction of sp³-hybridized carbons (Fsp3) is 0.364. The lowest BCUT2D eigenvalue weighted by Gasteiger charge is -2.16. The summed E-state index contributed by atoms with van der Waals surface area (Å²) in [4.78, 5) is 12.9. The third-order valence-electron chi connectivity index (χ3n) is 2.45. The van der Waals surface area contributed by atoms with Crippen LogP contribution in [0.25, 0.3) is 0 Å². The molecular weight excluding hydrogens is 197 g/mol. The Morgan fingerprint density at radius 2 is 2.33 bits per heavy atom. The number of carbonyl (C=O) groups excluding carboxylic acids is 1. The van der Waals surface area contributed by atoms with Gasteiger partial charge in [0.15, 0.2) is 0 Å². The maximum absolute atomic E-state index is 12.9. The van der Waals surface area contributed by atoms with Crippen LogP contribution in [0.2, 0.25) is 0 Å². The Morgan fingerprint density at radius 3 is 3.07 bits per heavy atom.